The number of carbonyl (C=O) groups is 2. The Morgan fingerprint density at radius 1 is 1.09 bits per heavy atom. The number of ether oxygens (including phenoxy) is 2. The molecule has 174 valence electrons. The monoisotopic (exact) mass is 442 g/mol. The molecule has 0 saturated carbocycles. The zero-order chi connectivity index (χ0) is 22.5. The zero-order valence-electron chi connectivity index (χ0n) is 19.1. The Morgan fingerprint density at radius 3 is 2.53 bits per heavy atom. The number of likely N-dealkylation sites (tertiary alicyclic amines) is 2. The van der Waals surface area contributed by atoms with Crippen LogP contribution in [0.3, 0.4) is 0 Å². The van der Waals surface area contributed by atoms with Gasteiger partial charge in [0, 0.05) is 31.4 Å². The third kappa shape index (κ3) is 5.07. The summed E-state index contributed by atoms with van der Waals surface area (Å²) in [4.78, 5) is 30.3. The van der Waals surface area contributed by atoms with Gasteiger partial charge in [0.1, 0.15) is 5.75 Å². The van der Waals surface area contributed by atoms with Crippen LogP contribution in [0.5, 0.6) is 5.75 Å². The molecular weight excluding hydrogens is 408 g/mol. The predicted molar refractivity (Wildman–Crippen MR) is 121 cm³/mol. The largest absolute Gasteiger partial charge is 0.497 e. The van der Waals surface area contributed by atoms with Crippen LogP contribution in [0, 0.1) is 0 Å². The summed E-state index contributed by atoms with van der Waals surface area (Å²) >= 11 is 0. The zero-order valence-corrected chi connectivity index (χ0v) is 19.1. The smallest absolute Gasteiger partial charge is 0.338 e. The molecule has 32 heavy (non-hydrogen) atoms. The minimum Gasteiger partial charge on any atom is -0.497 e. The van der Waals surface area contributed by atoms with Crippen molar-refractivity contribution in [3.63, 3.8) is 0 Å². The highest BCUT2D eigenvalue weighted by Gasteiger charge is 2.35. The maximum Gasteiger partial charge on any atom is 0.338 e. The molecule has 0 spiro atoms. The number of carbonyl (C=O) groups excluding carboxylic acids is 2. The van der Waals surface area contributed by atoms with Crippen LogP contribution in [0.1, 0.15) is 43.7 Å². The first-order valence-corrected chi connectivity index (χ1v) is 11.6. The number of piperidine rings is 2. The number of urea groups is 1. The molecule has 1 aromatic rings. The number of hydrogen-bond donors (Lipinski definition) is 2. The number of nitrogens with zero attached hydrogens (tertiary/aromatic N) is 2. The van der Waals surface area contributed by atoms with Gasteiger partial charge in [-0.05, 0) is 56.5 Å². The molecule has 2 fully saturated rings. The summed E-state index contributed by atoms with van der Waals surface area (Å²) in [5.41, 5.74) is 1.84. The van der Waals surface area contributed by atoms with E-state index < -0.39 is 12.0 Å². The first kappa shape index (κ1) is 22.6. The molecule has 3 heterocycles. The molecule has 8 heteroatoms. The van der Waals surface area contributed by atoms with Crippen molar-refractivity contribution in [2.24, 2.45) is 0 Å². The summed E-state index contributed by atoms with van der Waals surface area (Å²) < 4.78 is 10.4. The van der Waals surface area contributed by atoms with Gasteiger partial charge in [0.05, 0.1) is 25.8 Å². The van der Waals surface area contributed by atoms with Crippen molar-refractivity contribution >= 4 is 12.0 Å². The van der Waals surface area contributed by atoms with E-state index in [4.69, 9.17) is 9.47 Å². The third-order valence-electron chi connectivity index (χ3n) is 6.83. The van der Waals surface area contributed by atoms with Gasteiger partial charge in [-0.25, -0.2) is 9.59 Å². The number of rotatable bonds is 6. The van der Waals surface area contributed by atoms with E-state index in [1.165, 1.54) is 39.5 Å². The van der Waals surface area contributed by atoms with Crippen LogP contribution in [-0.4, -0.2) is 74.8 Å². The van der Waals surface area contributed by atoms with Crippen molar-refractivity contribution < 1.29 is 19.1 Å². The Hall–Kier alpha value is -2.58. The van der Waals surface area contributed by atoms with Gasteiger partial charge in [0.15, 0.2) is 0 Å². The van der Waals surface area contributed by atoms with Gasteiger partial charge < -0.3 is 25.0 Å². The topological polar surface area (TPSA) is 83.1 Å². The average Bonchev–Trinajstić information content (AvgIpc) is 2.84. The molecule has 0 unspecified atom stereocenters. The fourth-order valence-corrected chi connectivity index (χ4v) is 5.11. The minimum absolute atomic E-state index is 0.316. The average molecular weight is 443 g/mol. The Kier molecular flexibility index (Phi) is 7.32. The lowest BCUT2D eigenvalue weighted by molar-refractivity contribution is -0.136. The van der Waals surface area contributed by atoms with Crippen LogP contribution in [0.2, 0.25) is 0 Å². The maximum absolute atomic E-state index is 12.8. The van der Waals surface area contributed by atoms with Crippen LogP contribution >= 0.6 is 0 Å². The molecule has 1 aromatic carbocycles. The number of esters is 1. The molecule has 2 N–H and O–H groups in total. The van der Waals surface area contributed by atoms with Gasteiger partial charge >= 0.3 is 12.0 Å². The van der Waals surface area contributed by atoms with Crippen LogP contribution < -0.4 is 15.4 Å². The van der Waals surface area contributed by atoms with Crippen LogP contribution in [0.15, 0.2) is 35.5 Å². The number of nitrogens with one attached hydrogen (secondary N) is 2. The third-order valence-corrected chi connectivity index (χ3v) is 6.83. The highest BCUT2D eigenvalue weighted by atomic mass is 16.5. The summed E-state index contributed by atoms with van der Waals surface area (Å²) in [5, 5.41) is 5.75. The highest BCUT2D eigenvalue weighted by Crippen LogP contribution is 2.30. The van der Waals surface area contributed by atoms with Crippen LogP contribution in [0.4, 0.5) is 4.79 Å². The first-order valence-electron chi connectivity index (χ1n) is 11.6. The molecular formula is C24H34N4O4. The second-order valence-corrected chi connectivity index (χ2v) is 8.80. The van der Waals surface area contributed by atoms with E-state index in [9.17, 15) is 9.59 Å². The predicted octanol–water partition coefficient (Wildman–Crippen LogP) is 2.43. The van der Waals surface area contributed by atoms with E-state index in [1.54, 1.807) is 7.11 Å². The van der Waals surface area contributed by atoms with E-state index in [-0.39, 0.29) is 6.03 Å². The first-order chi connectivity index (χ1) is 15.6. The van der Waals surface area contributed by atoms with E-state index in [0.29, 0.717) is 29.6 Å². The van der Waals surface area contributed by atoms with E-state index in [1.807, 2.05) is 24.3 Å². The van der Waals surface area contributed by atoms with E-state index in [0.717, 1.165) is 31.5 Å². The Morgan fingerprint density at radius 2 is 1.84 bits per heavy atom. The normalized spacial score (nSPS) is 23.4. The molecule has 8 nitrogen and oxygen atoms in total. The summed E-state index contributed by atoms with van der Waals surface area (Å²) in [5.74, 6) is 0.226. The number of hydrogen-bond acceptors (Lipinski definition) is 6. The van der Waals surface area contributed by atoms with Crippen molar-refractivity contribution in [3.05, 3.63) is 41.1 Å². The fourth-order valence-electron chi connectivity index (χ4n) is 5.11. The minimum atomic E-state index is -0.591. The second kappa shape index (κ2) is 10.4. The maximum atomic E-state index is 12.8. The molecule has 3 aliphatic heterocycles. The van der Waals surface area contributed by atoms with Gasteiger partial charge in [0.2, 0.25) is 0 Å². The standard InChI is InChI=1S/C24H34N4O4/c1-31-19-8-6-7-17(15-19)22-21(23(29)32-2)20(25-24(30)26-22)16-27-13-9-18(10-14-27)28-11-4-3-5-12-28/h6-8,15,18,22H,3-5,9-14,16H2,1-2H3,(H2,25,26,30)/t22-/m0/s1. The van der Waals surface area contributed by atoms with Crippen LogP contribution in [-0.2, 0) is 9.53 Å². The van der Waals surface area contributed by atoms with Gasteiger partial charge in [-0.2, -0.15) is 0 Å². The molecule has 2 amide bonds. The Bertz CT molecular complexity index is 857. The quantitative estimate of drug-likeness (QED) is 0.659. The van der Waals surface area contributed by atoms with Crippen molar-refractivity contribution in [3.8, 4) is 5.75 Å². The number of amides is 2. The van der Waals surface area contributed by atoms with Crippen molar-refractivity contribution in [2.45, 2.75) is 44.2 Å². The Labute approximate surface area is 189 Å². The summed E-state index contributed by atoms with van der Waals surface area (Å²) in [6, 6.07) is 7.14. The molecule has 3 aliphatic rings. The molecule has 0 aromatic heterocycles. The molecule has 4 rings (SSSR count). The molecule has 0 aliphatic carbocycles. The lowest BCUT2D eigenvalue weighted by Gasteiger charge is -2.41. The summed E-state index contributed by atoms with van der Waals surface area (Å²) in [6.45, 7) is 4.85. The van der Waals surface area contributed by atoms with Crippen LogP contribution in [0.25, 0.3) is 0 Å². The number of benzene rings is 1. The second-order valence-electron chi connectivity index (χ2n) is 8.80. The van der Waals surface area contributed by atoms with Crippen molar-refractivity contribution in [1.82, 2.24) is 20.4 Å². The highest BCUT2D eigenvalue weighted by molar-refractivity contribution is 5.95. The van der Waals surface area contributed by atoms with Crippen molar-refractivity contribution in [2.75, 3.05) is 46.9 Å². The summed E-state index contributed by atoms with van der Waals surface area (Å²) in [6.07, 6.45) is 6.20. The van der Waals surface area contributed by atoms with Gasteiger partial charge in [-0.1, -0.05) is 18.6 Å². The summed E-state index contributed by atoms with van der Waals surface area (Å²) in [7, 11) is 2.96. The lowest BCUT2D eigenvalue weighted by Crippen LogP contribution is -2.51. The SMILES string of the molecule is COC(=O)C1=C(CN2CCC(N3CCCCC3)CC2)NC(=O)N[C@H]1c1cccc(OC)c1. The Balaban J connectivity index is 1.52. The van der Waals surface area contributed by atoms with E-state index >= 15 is 0 Å². The van der Waals surface area contributed by atoms with Gasteiger partial charge in [-0.3, -0.25) is 4.90 Å². The van der Waals surface area contributed by atoms with Gasteiger partial charge in [0.25, 0.3) is 0 Å². The molecule has 1 atom stereocenters. The molecule has 0 bridgehead atoms. The fraction of sp³-hybridized carbons (Fsp3) is 0.583. The molecule has 2 saturated heterocycles. The lowest BCUT2D eigenvalue weighted by atomic mass is 9.94. The number of methoxy groups -OCH3 is 2. The van der Waals surface area contributed by atoms with E-state index in [2.05, 4.69) is 20.4 Å². The van der Waals surface area contributed by atoms with Gasteiger partial charge in [-0.15, -0.1) is 0 Å². The van der Waals surface area contributed by atoms with Crippen molar-refractivity contribution in [1.29, 1.82) is 0 Å². The molecule has 0 radical (unpaired) electrons.